The summed E-state index contributed by atoms with van der Waals surface area (Å²) in [5.74, 6) is 0. The number of azide groups is 2. The van der Waals surface area contributed by atoms with Gasteiger partial charge >= 0.3 is 0 Å². The van der Waals surface area contributed by atoms with Crippen molar-refractivity contribution in [3.63, 3.8) is 0 Å². The number of hydrogen-bond donors (Lipinski definition) is 0. The van der Waals surface area contributed by atoms with Crippen molar-refractivity contribution in [3.8, 4) is 0 Å². The van der Waals surface area contributed by atoms with Crippen molar-refractivity contribution in [2.75, 3.05) is 13.2 Å². The summed E-state index contributed by atoms with van der Waals surface area (Å²) in [5, 5.41) is 6.83. The highest BCUT2D eigenvalue weighted by atomic mass is 16.5. The Bertz CT molecular complexity index is 203. The first-order valence-corrected chi connectivity index (χ1v) is 3.04. The van der Waals surface area contributed by atoms with Crippen LogP contribution in [-0.2, 0) is 4.74 Å². The highest BCUT2D eigenvalue weighted by Crippen LogP contribution is 2.13. The van der Waals surface area contributed by atoms with Crippen LogP contribution in [0.4, 0.5) is 0 Å². The third kappa shape index (κ3) is 1.75. The fourth-order valence-electron chi connectivity index (χ4n) is 0.885. The van der Waals surface area contributed by atoms with E-state index in [1.54, 1.807) is 0 Å². The molecule has 0 amide bonds. The topological polar surface area (TPSA) is 107 Å². The van der Waals surface area contributed by atoms with E-state index >= 15 is 0 Å². The van der Waals surface area contributed by atoms with Gasteiger partial charge in [-0.15, -0.1) is 0 Å². The molecule has 1 rings (SSSR count). The molecule has 7 nitrogen and oxygen atoms in total. The van der Waals surface area contributed by atoms with Crippen LogP contribution in [-0.4, -0.2) is 25.3 Å². The second-order valence-electron chi connectivity index (χ2n) is 2.08. The van der Waals surface area contributed by atoms with E-state index in [-0.39, 0.29) is 12.1 Å². The minimum Gasteiger partial charge on any atom is -0.381 e. The van der Waals surface area contributed by atoms with E-state index < -0.39 is 0 Å². The normalized spacial score (nSPS) is 28.7. The highest BCUT2D eigenvalue weighted by Gasteiger charge is 2.25. The summed E-state index contributed by atoms with van der Waals surface area (Å²) in [5.41, 5.74) is 16.2. The molecule has 0 saturated carbocycles. The van der Waals surface area contributed by atoms with Gasteiger partial charge in [-0.1, -0.05) is 10.2 Å². The molecule has 0 unspecified atom stereocenters. The first-order chi connectivity index (χ1) is 5.38. The molecular weight excluding hydrogens is 148 g/mol. The van der Waals surface area contributed by atoms with Crippen molar-refractivity contribution in [2.45, 2.75) is 12.1 Å². The van der Waals surface area contributed by atoms with Gasteiger partial charge in [-0.05, 0) is 11.1 Å². The Morgan fingerprint density at radius 2 is 1.55 bits per heavy atom. The van der Waals surface area contributed by atoms with Gasteiger partial charge in [0.1, 0.15) is 0 Å². The smallest absolute Gasteiger partial charge is 0.0714 e. The first-order valence-electron chi connectivity index (χ1n) is 3.04. The molecule has 0 aromatic carbocycles. The van der Waals surface area contributed by atoms with Crippen LogP contribution in [0.2, 0.25) is 0 Å². The van der Waals surface area contributed by atoms with Crippen LogP contribution in [0.15, 0.2) is 10.2 Å². The SMILES string of the molecule is [N-]=[N+]=N[C@H]1COC[C@H]1N=[N+]=[N-]. The fourth-order valence-corrected chi connectivity index (χ4v) is 0.885. The summed E-state index contributed by atoms with van der Waals surface area (Å²) in [6.07, 6.45) is 0. The molecule has 11 heavy (non-hydrogen) atoms. The molecule has 0 radical (unpaired) electrons. The van der Waals surface area contributed by atoms with Crippen molar-refractivity contribution < 1.29 is 4.74 Å². The number of rotatable bonds is 2. The van der Waals surface area contributed by atoms with E-state index in [1.165, 1.54) is 0 Å². The van der Waals surface area contributed by atoms with E-state index in [4.69, 9.17) is 15.8 Å². The molecule has 0 aromatic rings. The van der Waals surface area contributed by atoms with E-state index in [0.29, 0.717) is 13.2 Å². The molecule has 1 saturated heterocycles. The van der Waals surface area contributed by atoms with Crippen molar-refractivity contribution >= 4 is 0 Å². The van der Waals surface area contributed by atoms with Gasteiger partial charge in [0.05, 0.1) is 25.3 Å². The number of ether oxygens (including phenoxy) is 1. The summed E-state index contributed by atoms with van der Waals surface area (Å²) in [4.78, 5) is 5.22. The maximum Gasteiger partial charge on any atom is 0.0714 e. The van der Waals surface area contributed by atoms with Gasteiger partial charge in [0.15, 0.2) is 0 Å². The van der Waals surface area contributed by atoms with E-state index in [0.717, 1.165) is 0 Å². The molecule has 1 aliphatic heterocycles. The first kappa shape index (κ1) is 7.68. The lowest BCUT2D eigenvalue weighted by molar-refractivity contribution is 0.191. The van der Waals surface area contributed by atoms with E-state index in [9.17, 15) is 0 Å². The van der Waals surface area contributed by atoms with Crippen molar-refractivity contribution in [1.82, 2.24) is 0 Å². The lowest BCUT2D eigenvalue weighted by Crippen LogP contribution is -2.18. The standard InChI is InChI=1S/C4H6N6O/c5-9-7-3-1-11-2-4(3)8-10-6/h3-4H,1-2H2/t3-,4+. The molecule has 1 heterocycles. The summed E-state index contributed by atoms with van der Waals surface area (Å²) in [6, 6.07) is -0.674. The van der Waals surface area contributed by atoms with Crippen LogP contribution in [0.1, 0.15) is 0 Å². The van der Waals surface area contributed by atoms with Gasteiger partial charge in [-0.3, -0.25) is 0 Å². The van der Waals surface area contributed by atoms with E-state index in [2.05, 4.69) is 20.1 Å². The molecule has 0 aromatic heterocycles. The van der Waals surface area contributed by atoms with Gasteiger partial charge < -0.3 is 4.74 Å². The second kappa shape index (κ2) is 3.68. The maximum absolute atomic E-state index is 8.08. The Morgan fingerprint density at radius 3 is 1.91 bits per heavy atom. The second-order valence-corrected chi connectivity index (χ2v) is 2.08. The van der Waals surface area contributed by atoms with E-state index in [1.807, 2.05) is 0 Å². The number of hydrogen-bond acceptors (Lipinski definition) is 3. The van der Waals surface area contributed by atoms with Crippen LogP contribution >= 0.6 is 0 Å². The summed E-state index contributed by atoms with van der Waals surface area (Å²) < 4.78 is 4.95. The Hall–Kier alpha value is -1.42. The van der Waals surface area contributed by atoms with Gasteiger partial charge in [0.2, 0.25) is 0 Å². The zero-order valence-corrected chi connectivity index (χ0v) is 5.66. The van der Waals surface area contributed by atoms with Crippen LogP contribution in [0, 0.1) is 0 Å². The van der Waals surface area contributed by atoms with Crippen molar-refractivity contribution in [3.05, 3.63) is 20.9 Å². The molecule has 58 valence electrons. The van der Waals surface area contributed by atoms with Crippen LogP contribution in [0.5, 0.6) is 0 Å². The molecule has 0 N–H and O–H groups in total. The van der Waals surface area contributed by atoms with Crippen LogP contribution in [0.25, 0.3) is 20.9 Å². The summed E-state index contributed by atoms with van der Waals surface area (Å²) in [6.45, 7) is 0.682. The molecular formula is C4H6N6O. The minimum absolute atomic E-state index is 0.337. The number of nitrogens with zero attached hydrogens (tertiary/aromatic N) is 6. The lowest BCUT2D eigenvalue weighted by Gasteiger charge is -2.02. The monoisotopic (exact) mass is 154 g/mol. The van der Waals surface area contributed by atoms with Gasteiger partial charge in [0, 0.05) is 9.82 Å². The molecule has 0 aliphatic carbocycles. The zero-order valence-electron chi connectivity index (χ0n) is 5.66. The van der Waals surface area contributed by atoms with Gasteiger partial charge in [0.25, 0.3) is 0 Å². The maximum atomic E-state index is 8.08. The fraction of sp³-hybridized carbons (Fsp3) is 1.00. The zero-order chi connectivity index (χ0) is 8.10. The van der Waals surface area contributed by atoms with Crippen molar-refractivity contribution in [1.29, 1.82) is 0 Å². The Kier molecular flexibility index (Phi) is 2.57. The summed E-state index contributed by atoms with van der Waals surface area (Å²) in [7, 11) is 0. The van der Waals surface area contributed by atoms with Crippen molar-refractivity contribution in [2.24, 2.45) is 10.2 Å². The average molecular weight is 154 g/mol. The molecule has 1 fully saturated rings. The van der Waals surface area contributed by atoms with Gasteiger partial charge in [-0.2, -0.15) is 0 Å². The highest BCUT2D eigenvalue weighted by molar-refractivity contribution is 4.87. The summed E-state index contributed by atoms with van der Waals surface area (Å²) >= 11 is 0. The Morgan fingerprint density at radius 1 is 1.09 bits per heavy atom. The largest absolute Gasteiger partial charge is 0.381 e. The van der Waals surface area contributed by atoms with Gasteiger partial charge in [-0.25, -0.2) is 0 Å². The quantitative estimate of drug-likeness (QED) is 0.334. The Balaban J connectivity index is 2.64. The molecule has 0 spiro atoms. The third-order valence-electron chi connectivity index (χ3n) is 1.42. The molecule has 1 aliphatic rings. The lowest BCUT2D eigenvalue weighted by atomic mass is 10.2. The Labute approximate surface area is 62.2 Å². The predicted molar refractivity (Wildman–Crippen MR) is 36.7 cm³/mol. The predicted octanol–water partition coefficient (Wildman–Crippen LogP) is 1.37. The molecule has 0 bridgehead atoms. The van der Waals surface area contributed by atoms with Crippen LogP contribution < -0.4 is 0 Å². The van der Waals surface area contributed by atoms with Crippen LogP contribution in [0.3, 0.4) is 0 Å². The molecule has 7 heteroatoms. The average Bonchev–Trinajstić information content (AvgIpc) is 2.39. The third-order valence-corrected chi connectivity index (χ3v) is 1.42. The minimum atomic E-state index is -0.337. The molecule has 2 atom stereocenters.